The topological polar surface area (TPSA) is 78.9 Å². The molecular formula is C77H148O6. The third-order valence-corrected chi connectivity index (χ3v) is 15.1. The zero-order valence-electron chi connectivity index (χ0n) is 57.6. The van der Waals surface area contributed by atoms with Crippen molar-refractivity contribution in [1.82, 2.24) is 0 Å². The van der Waals surface area contributed by atoms with Crippen LogP contribution in [-0.4, -0.2) is 39.2 Å². The maximum absolute atomic E-state index is 10.9. The van der Waals surface area contributed by atoms with Crippen LogP contribution >= 0.6 is 0 Å². The van der Waals surface area contributed by atoms with Gasteiger partial charge in [0.05, 0.1) is 21.3 Å². The number of unbranched alkanes of at least 4 members (excludes halogenated alkanes) is 45. The van der Waals surface area contributed by atoms with Gasteiger partial charge in [-0.15, -0.1) is 13.2 Å². The lowest BCUT2D eigenvalue weighted by atomic mass is 10.1. The first-order valence-electron chi connectivity index (χ1n) is 36.1. The van der Waals surface area contributed by atoms with Gasteiger partial charge in [-0.2, -0.15) is 0 Å². The number of methoxy groups -OCH3 is 3. The van der Waals surface area contributed by atoms with Gasteiger partial charge in [-0.3, -0.25) is 14.4 Å². The number of ether oxygens (including phenoxy) is 3. The van der Waals surface area contributed by atoms with Crippen LogP contribution < -0.4 is 0 Å². The SMILES string of the molecule is C=CCCCCCCCC.C=CCCCCCCCC(=O)OC.CCCCCCCC/C=C\CCCCCCCC.CCCCCCCC/C=C\CCCCCCCC(=O)OC.CCCCCCCC/C=C\CCCCCCCC(=O)OC. The summed E-state index contributed by atoms with van der Waals surface area (Å²) in [4.78, 5) is 32.5. The van der Waals surface area contributed by atoms with Crippen molar-refractivity contribution in [1.29, 1.82) is 0 Å². The largest absolute Gasteiger partial charge is 0.469 e. The molecule has 0 radical (unpaired) electrons. The molecular weight excluding hydrogens is 1020 g/mol. The molecule has 0 saturated heterocycles. The summed E-state index contributed by atoms with van der Waals surface area (Å²) in [6.07, 6.45) is 89.4. The van der Waals surface area contributed by atoms with E-state index >= 15 is 0 Å². The van der Waals surface area contributed by atoms with Gasteiger partial charge in [-0.1, -0.05) is 302 Å². The first-order valence-corrected chi connectivity index (χ1v) is 36.1. The Hall–Kier alpha value is -2.89. The Labute approximate surface area is 521 Å². The molecule has 0 atom stereocenters. The third-order valence-electron chi connectivity index (χ3n) is 15.1. The summed E-state index contributed by atoms with van der Waals surface area (Å²) in [5, 5.41) is 0. The Morgan fingerprint density at radius 3 is 0.530 bits per heavy atom. The van der Waals surface area contributed by atoms with Gasteiger partial charge in [-0.05, 0) is 122 Å². The highest BCUT2D eigenvalue weighted by atomic mass is 16.5. The number of hydrogen-bond acceptors (Lipinski definition) is 6. The van der Waals surface area contributed by atoms with Crippen molar-refractivity contribution >= 4 is 17.9 Å². The van der Waals surface area contributed by atoms with Crippen molar-refractivity contribution in [3.63, 3.8) is 0 Å². The molecule has 0 aromatic rings. The number of carbonyl (C=O) groups is 3. The van der Waals surface area contributed by atoms with Crippen LogP contribution in [0.2, 0.25) is 0 Å². The quantitative estimate of drug-likeness (QED) is 0.0261. The lowest BCUT2D eigenvalue weighted by molar-refractivity contribution is -0.141. The van der Waals surface area contributed by atoms with E-state index in [4.69, 9.17) is 0 Å². The molecule has 0 unspecified atom stereocenters. The highest BCUT2D eigenvalue weighted by molar-refractivity contribution is 5.69. The maximum Gasteiger partial charge on any atom is 0.305 e. The molecule has 0 aromatic heterocycles. The van der Waals surface area contributed by atoms with Crippen molar-refractivity contribution < 1.29 is 28.6 Å². The Kier molecular flexibility index (Phi) is 96.7. The summed E-state index contributed by atoms with van der Waals surface area (Å²) >= 11 is 0. The molecule has 0 rings (SSSR count). The fraction of sp³-hybridized carbons (Fsp3) is 0.831. The summed E-state index contributed by atoms with van der Waals surface area (Å²) in [5.41, 5.74) is 0. The van der Waals surface area contributed by atoms with E-state index in [9.17, 15) is 14.4 Å². The predicted octanol–water partition coefficient (Wildman–Crippen LogP) is 26.4. The minimum atomic E-state index is -0.0916. The molecule has 0 aliphatic carbocycles. The van der Waals surface area contributed by atoms with Crippen molar-refractivity contribution in [3.8, 4) is 0 Å². The molecule has 0 bridgehead atoms. The molecule has 0 aliphatic rings. The van der Waals surface area contributed by atoms with E-state index in [1.165, 1.54) is 317 Å². The van der Waals surface area contributed by atoms with Gasteiger partial charge < -0.3 is 14.2 Å². The van der Waals surface area contributed by atoms with Crippen molar-refractivity contribution in [2.45, 2.75) is 394 Å². The molecule has 6 nitrogen and oxygen atoms in total. The van der Waals surface area contributed by atoms with Crippen LogP contribution in [0, 0.1) is 0 Å². The molecule has 0 heterocycles. The Bertz CT molecular complexity index is 1230. The van der Waals surface area contributed by atoms with Crippen LogP contribution in [0.15, 0.2) is 61.8 Å². The number of rotatable bonds is 59. The molecule has 0 spiro atoms. The van der Waals surface area contributed by atoms with Crippen LogP contribution in [0.5, 0.6) is 0 Å². The van der Waals surface area contributed by atoms with E-state index in [0.717, 1.165) is 44.9 Å². The van der Waals surface area contributed by atoms with Crippen LogP contribution in [0.4, 0.5) is 0 Å². The minimum absolute atomic E-state index is 0.0763. The van der Waals surface area contributed by atoms with Crippen LogP contribution in [-0.2, 0) is 28.6 Å². The standard InChI is InChI=1S/2C19H36O2.C18H36.C11H20O2.C10H20/c2*1-3-4-5-6-7-8-9-10-11-12-13-14-15-16-17-18-19(20)21-2;1-3-5-7-9-11-13-15-17-18-16-14-12-10-8-6-4-2;1-3-4-5-6-7-8-9-10-11(12)13-2;1-3-5-7-9-10-8-6-4-2/h2*10-11H,3-9,12-18H2,1-2H3;17-18H,3-16H2,1-2H3;3H,1,4-10H2,2H3;3H,1,4-10H2,2H3/b2*11-10-;18-17-;;. The Balaban J connectivity index is -0.000000312. The first kappa shape index (κ1) is 88.9. The van der Waals surface area contributed by atoms with Gasteiger partial charge in [0.15, 0.2) is 0 Å². The van der Waals surface area contributed by atoms with Crippen molar-refractivity contribution in [3.05, 3.63) is 61.8 Å². The first-order chi connectivity index (χ1) is 40.8. The molecule has 0 aromatic carbocycles. The molecule has 0 saturated carbocycles. The van der Waals surface area contributed by atoms with E-state index in [0.29, 0.717) is 19.3 Å². The molecule has 0 aliphatic heterocycles. The molecule has 83 heavy (non-hydrogen) atoms. The molecule has 0 fully saturated rings. The molecule has 0 amide bonds. The maximum atomic E-state index is 10.9. The highest BCUT2D eigenvalue weighted by Crippen LogP contribution is 2.14. The summed E-state index contributed by atoms with van der Waals surface area (Å²) in [5.74, 6) is -0.244. The van der Waals surface area contributed by atoms with Gasteiger partial charge in [0.25, 0.3) is 0 Å². The van der Waals surface area contributed by atoms with Crippen LogP contribution in [0.3, 0.4) is 0 Å². The minimum Gasteiger partial charge on any atom is -0.469 e. The number of carbonyl (C=O) groups excluding carboxylic acids is 3. The van der Waals surface area contributed by atoms with Crippen LogP contribution in [0.25, 0.3) is 0 Å². The van der Waals surface area contributed by atoms with Gasteiger partial charge in [0, 0.05) is 19.3 Å². The average molecular weight is 1170 g/mol. The lowest BCUT2D eigenvalue weighted by Gasteiger charge is -2.00. The van der Waals surface area contributed by atoms with Gasteiger partial charge >= 0.3 is 17.9 Å². The Morgan fingerprint density at radius 1 is 0.229 bits per heavy atom. The van der Waals surface area contributed by atoms with Crippen molar-refractivity contribution in [2.75, 3.05) is 21.3 Å². The summed E-state index contributed by atoms with van der Waals surface area (Å²) in [6, 6.07) is 0. The van der Waals surface area contributed by atoms with Gasteiger partial charge in [-0.25, -0.2) is 0 Å². The molecule has 0 N–H and O–H groups in total. The second-order valence-corrected chi connectivity index (χ2v) is 23.4. The van der Waals surface area contributed by atoms with Gasteiger partial charge in [0.1, 0.15) is 0 Å². The number of allylic oxidation sites excluding steroid dienone is 8. The second kappa shape index (κ2) is 90.3. The van der Waals surface area contributed by atoms with E-state index in [1.54, 1.807) is 0 Å². The van der Waals surface area contributed by atoms with E-state index in [-0.39, 0.29) is 17.9 Å². The second-order valence-electron chi connectivity index (χ2n) is 23.4. The van der Waals surface area contributed by atoms with E-state index < -0.39 is 0 Å². The van der Waals surface area contributed by atoms with Crippen LogP contribution in [0.1, 0.15) is 394 Å². The smallest absolute Gasteiger partial charge is 0.305 e. The zero-order valence-corrected chi connectivity index (χ0v) is 57.6. The summed E-state index contributed by atoms with van der Waals surface area (Å²) in [6.45, 7) is 18.7. The number of esters is 3. The molecule has 6 heteroatoms. The third kappa shape index (κ3) is 101. The zero-order chi connectivity index (χ0) is 62.1. The molecule has 492 valence electrons. The van der Waals surface area contributed by atoms with Crippen molar-refractivity contribution in [2.24, 2.45) is 0 Å². The normalized spacial score (nSPS) is 10.8. The predicted molar refractivity (Wildman–Crippen MR) is 371 cm³/mol. The average Bonchev–Trinajstić information content (AvgIpc) is 3.50. The fourth-order valence-electron chi connectivity index (χ4n) is 9.46. The van der Waals surface area contributed by atoms with E-state index in [2.05, 4.69) is 98.4 Å². The van der Waals surface area contributed by atoms with E-state index in [1.807, 2.05) is 12.2 Å². The number of hydrogen-bond donors (Lipinski definition) is 0. The van der Waals surface area contributed by atoms with Gasteiger partial charge in [0.2, 0.25) is 0 Å². The Morgan fingerprint density at radius 2 is 0.373 bits per heavy atom. The lowest BCUT2D eigenvalue weighted by Crippen LogP contribution is -1.98. The summed E-state index contributed by atoms with van der Waals surface area (Å²) in [7, 11) is 4.35. The highest BCUT2D eigenvalue weighted by Gasteiger charge is 2.01. The monoisotopic (exact) mass is 1170 g/mol. The summed E-state index contributed by atoms with van der Waals surface area (Å²) < 4.78 is 13.8. The fourth-order valence-corrected chi connectivity index (χ4v) is 9.46.